The summed E-state index contributed by atoms with van der Waals surface area (Å²) in [5, 5.41) is 10.4. The molecule has 1 aliphatic rings. The molecule has 28 heavy (non-hydrogen) atoms. The van der Waals surface area contributed by atoms with Gasteiger partial charge in [-0.15, -0.1) is 0 Å². The van der Waals surface area contributed by atoms with Crippen LogP contribution >= 0.6 is 11.6 Å². The summed E-state index contributed by atoms with van der Waals surface area (Å²) in [6.07, 6.45) is 2.89. The normalized spacial score (nSPS) is 18.8. The molecule has 0 amide bonds. The van der Waals surface area contributed by atoms with E-state index in [9.17, 15) is 5.26 Å². The molecule has 2 heterocycles. The van der Waals surface area contributed by atoms with Crippen molar-refractivity contribution in [2.45, 2.75) is 38.6 Å². The Bertz CT molecular complexity index is 1100. The number of benzene rings is 2. The first-order valence-corrected chi connectivity index (χ1v) is 9.82. The van der Waals surface area contributed by atoms with Crippen LogP contribution < -0.4 is 4.90 Å². The maximum atomic E-state index is 9.73. The van der Waals surface area contributed by atoms with E-state index >= 15 is 0 Å². The number of aromatic amines is 1. The van der Waals surface area contributed by atoms with Crippen molar-refractivity contribution < 1.29 is 0 Å². The van der Waals surface area contributed by atoms with Crippen molar-refractivity contribution in [1.29, 1.82) is 5.26 Å². The van der Waals surface area contributed by atoms with Gasteiger partial charge in [-0.3, -0.25) is 0 Å². The molecule has 0 bridgehead atoms. The highest BCUT2D eigenvalue weighted by atomic mass is 35.5. The number of nitriles is 1. The molecule has 1 N–H and O–H groups in total. The number of halogens is 1. The Morgan fingerprint density at radius 2 is 2.11 bits per heavy atom. The van der Waals surface area contributed by atoms with Gasteiger partial charge in [-0.1, -0.05) is 30.7 Å². The minimum atomic E-state index is 0.0825. The molecule has 2 aromatic carbocycles. The maximum absolute atomic E-state index is 9.73. The molecule has 142 valence electrons. The Morgan fingerprint density at radius 3 is 2.82 bits per heavy atom. The molecule has 1 aromatic heterocycles. The number of fused-ring (bicyclic) bond motifs is 2. The molecule has 0 saturated heterocycles. The molecule has 0 aliphatic carbocycles. The summed E-state index contributed by atoms with van der Waals surface area (Å²) in [4.78, 5) is 10.1. The lowest BCUT2D eigenvalue weighted by Gasteiger charge is -2.45. The van der Waals surface area contributed by atoms with Gasteiger partial charge in [0.05, 0.1) is 16.6 Å². The number of allylic oxidation sites excluding steroid dienone is 1. The number of para-hydroxylation sites is 2. The summed E-state index contributed by atoms with van der Waals surface area (Å²) in [7, 11) is 2.12. The minimum Gasteiger partial charge on any atom is -0.369 e. The lowest BCUT2D eigenvalue weighted by atomic mass is 9.80. The monoisotopic (exact) mass is 390 g/mol. The van der Waals surface area contributed by atoms with Crippen LogP contribution in [0.15, 0.2) is 36.4 Å². The smallest absolute Gasteiger partial charge is 0.149 e. The van der Waals surface area contributed by atoms with Gasteiger partial charge < -0.3 is 9.88 Å². The van der Waals surface area contributed by atoms with Gasteiger partial charge in [-0.05, 0) is 67.7 Å². The van der Waals surface area contributed by atoms with Crippen molar-refractivity contribution >= 4 is 40.0 Å². The molecule has 5 heteroatoms. The van der Waals surface area contributed by atoms with E-state index in [1.165, 1.54) is 5.56 Å². The van der Waals surface area contributed by atoms with E-state index in [4.69, 9.17) is 11.6 Å². The van der Waals surface area contributed by atoms with Gasteiger partial charge in [0, 0.05) is 23.3 Å². The number of hydrogen-bond donors (Lipinski definition) is 1. The van der Waals surface area contributed by atoms with E-state index in [2.05, 4.69) is 54.8 Å². The number of imidazole rings is 1. The Balaban J connectivity index is 1.81. The largest absolute Gasteiger partial charge is 0.369 e. The molecular weight excluding hydrogens is 368 g/mol. The molecule has 0 spiro atoms. The predicted octanol–water partition coefficient (Wildman–Crippen LogP) is 6.00. The lowest BCUT2D eigenvalue weighted by Crippen LogP contribution is -2.45. The van der Waals surface area contributed by atoms with Gasteiger partial charge in [0.15, 0.2) is 0 Å². The van der Waals surface area contributed by atoms with E-state index in [1.54, 1.807) is 0 Å². The van der Waals surface area contributed by atoms with Crippen LogP contribution in [0.5, 0.6) is 0 Å². The van der Waals surface area contributed by atoms with Gasteiger partial charge in [-0.2, -0.15) is 5.26 Å². The van der Waals surface area contributed by atoms with E-state index < -0.39 is 0 Å². The van der Waals surface area contributed by atoms with E-state index in [0.29, 0.717) is 22.3 Å². The predicted molar refractivity (Wildman–Crippen MR) is 117 cm³/mol. The number of rotatable bonds is 2. The number of nitrogens with one attached hydrogen (secondary N) is 1. The first kappa shape index (κ1) is 18.6. The van der Waals surface area contributed by atoms with Crippen molar-refractivity contribution in [3.05, 3.63) is 58.4 Å². The fraction of sp³-hybridized carbons (Fsp3) is 0.304. The number of nitrogens with zero attached hydrogens (tertiary/aromatic N) is 3. The summed E-state index contributed by atoms with van der Waals surface area (Å²) >= 11 is 6.62. The Morgan fingerprint density at radius 1 is 1.36 bits per heavy atom. The third-order valence-corrected chi connectivity index (χ3v) is 6.14. The molecular formula is C23H23ClN4. The van der Waals surface area contributed by atoms with Crippen LogP contribution in [0.25, 0.3) is 22.7 Å². The topological polar surface area (TPSA) is 55.7 Å². The Hall–Kier alpha value is -2.77. The molecule has 0 fully saturated rings. The molecule has 4 nitrogen and oxygen atoms in total. The van der Waals surface area contributed by atoms with Crippen molar-refractivity contribution in [2.75, 3.05) is 11.9 Å². The van der Waals surface area contributed by atoms with Crippen molar-refractivity contribution in [3.63, 3.8) is 0 Å². The van der Waals surface area contributed by atoms with E-state index in [1.807, 2.05) is 36.4 Å². The van der Waals surface area contributed by atoms with Crippen LogP contribution in [0.1, 0.15) is 50.1 Å². The molecule has 0 saturated carbocycles. The summed E-state index contributed by atoms with van der Waals surface area (Å²) in [6, 6.07) is 14.2. The van der Waals surface area contributed by atoms with Crippen LogP contribution in [-0.2, 0) is 0 Å². The number of hydrogen-bond acceptors (Lipinski definition) is 3. The van der Waals surface area contributed by atoms with Crippen molar-refractivity contribution in [1.82, 2.24) is 9.97 Å². The zero-order valence-corrected chi connectivity index (χ0v) is 17.3. The summed E-state index contributed by atoms with van der Waals surface area (Å²) in [5.41, 5.74) is 5.57. The Labute approximate surface area is 170 Å². The van der Waals surface area contributed by atoms with Crippen LogP contribution in [0.3, 0.4) is 0 Å². The highest BCUT2D eigenvalue weighted by Gasteiger charge is 2.34. The van der Waals surface area contributed by atoms with Crippen molar-refractivity contribution in [3.8, 4) is 6.07 Å². The van der Waals surface area contributed by atoms with Gasteiger partial charge in [0.2, 0.25) is 0 Å². The Kier molecular flexibility index (Phi) is 4.44. The third kappa shape index (κ3) is 3.06. The van der Waals surface area contributed by atoms with Gasteiger partial charge >= 0.3 is 0 Å². The van der Waals surface area contributed by atoms with Crippen LogP contribution in [0.2, 0.25) is 5.02 Å². The summed E-state index contributed by atoms with van der Waals surface area (Å²) < 4.78 is 0. The quantitative estimate of drug-likeness (QED) is 0.545. The molecule has 3 aromatic rings. The second-order valence-corrected chi connectivity index (χ2v) is 8.59. The number of anilines is 1. The fourth-order valence-corrected chi connectivity index (χ4v) is 4.32. The number of H-pyrrole nitrogens is 1. The molecule has 4 rings (SSSR count). The second kappa shape index (κ2) is 6.68. The van der Waals surface area contributed by atoms with Crippen molar-refractivity contribution in [2.24, 2.45) is 0 Å². The second-order valence-electron chi connectivity index (χ2n) is 8.18. The average Bonchev–Trinajstić information content (AvgIpc) is 3.08. The fourth-order valence-electron chi connectivity index (χ4n) is 4.10. The van der Waals surface area contributed by atoms with Gasteiger partial charge in [-0.25, -0.2) is 4.98 Å². The maximum Gasteiger partial charge on any atom is 0.149 e. The molecule has 1 atom stereocenters. The first-order valence-electron chi connectivity index (χ1n) is 9.44. The van der Waals surface area contributed by atoms with Crippen LogP contribution in [0, 0.1) is 11.3 Å². The van der Waals surface area contributed by atoms with Gasteiger partial charge in [0.25, 0.3) is 0 Å². The molecule has 1 aliphatic heterocycles. The number of aromatic nitrogens is 2. The first-order chi connectivity index (χ1) is 13.3. The standard InChI is InChI=1S/C23H23ClN4/c1-14-12-23(2,3)28(4)21-11-18(24)15(10-17(14)21)9-16(13-25)22-26-19-7-5-6-8-20(19)27-22/h5-11,14H,12H2,1-4H3,(H,26,27)/b16-9-/t14-/m0/s1. The SMILES string of the molecule is C[C@H]1CC(C)(C)N(C)c2cc(Cl)c(/C=C(/C#N)c3nc4ccccc4[nH]3)cc21. The van der Waals surface area contributed by atoms with Crippen LogP contribution in [-0.4, -0.2) is 22.6 Å². The molecule has 0 unspecified atom stereocenters. The minimum absolute atomic E-state index is 0.0825. The average molecular weight is 391 g/mol. The zero-order chi connectivity index (χ0) is 20.1. The summed E-state index contributed by atoms with van der Waals surface area (Å²) in [6.45, 7) is 6.76. The highest BCUT2D eigenvalue weighted by molar-refractivity contribution is 6.32. The third-order valence-electron chi connectivity index (χ3n) is 5.82. The summed E-state index contributed by atoms with van der Waals surface area (Å²) in [5.74, 6) is 0.978. The lowest BCUT2D eigenvalue weighted by molar-refractivity contribution is 0.395. The highest BCUT2D eigenvalue weighted by Crippen LogP contribution is 2.44. The van der Waals surface area contributed by atoms with E-state index in [0.717, 1.165) is 28.7 Å². The zero-order valence-electron chi connectivity index (χ0n) is 16.5. The van der Waals surface area contributed by atoms with Crippen LogP contribution in [0.4, 0.5) is 5.69 Å². The van der Waals surface area contributed by atoms with Gasteiger partial charge in [0.1, 0.15) is 11.9 Å². The molecule has 0 radical (unpaired) electrons. The van der Waals surface area contributed by atoms with E-state index in [-0.39, 0.29) is 5.54 Å².